The van der Waals surface area contributed by atoms with Crippen LogP contribution in [0.1, 0.15) is 18.5 Å². The molecule has 1 atom stereocenters. The molecular formula is C14H15NO2. The number of carbonyl (C=O) groups is 1. The summed E-state index contributed by atoms with van der Waals surface area (Å²) in [6.07, 6.45) is 0. The monoisotopic (exact) mass is 229 g/mol. The molecule has 2 aromatic rings. The summed E-state index contributed by atoms with van der Waals surface area (Å²) in [5.41, 5.74) is 0.790. The summed E-state index contributed by atoms with van der Waals surface area (Å²) in [4.78, 5) is 11.2. The number of hydrogen-bond donors (Lipinski definition) is 2. The smallest absolute Gasteiger partial charge is 0.325 e. The van der Waals surface area contributed by atoms with Crippen LogP contribution in [0.15, 0.2) is 42.5 Å². The van der Waals surface area contributed by atoms with Crippen molar-refractivity contribution in [3.05, 3.63) is 48.0 Å². The maximum atomic E-state index is 11.2. The van der Waals surface area contributed by atoms with E-state index in [9.17, 15) is 4.79 Å². The lowest BCUT2D eigenvalue weighted by atomic mass is 10.0. The van der Waals surface area contributed by atoms with Crippen molar-refractivity contribution < 1.29 is 9.90 Å². The molecule has 0 radical (unpaired) electrons. The van der Waals surface area contributed by atoms with E-state index in [2.05, 4.69) is 5.32 Å². The number of nitrogens with one attached hydrogen (secondary N) is 1. The molecule has 3 nitrogen and oxygen atoms in total. The Morgan fingerprint density at radius 2 is 1.94 bits per heavy atom. The standard InChI is InChI=1S/C14H15NO2/c1-2-15-13(14(16)17)12-8-7-10-5-3-4-6-11(10)9-12/h3-9,13,15H,2H2,1H3,(H,16,17). The summed E-state index contributed by atoms with van der Waals surface area (Å²) >= 11 is 0. The molecule has 88 valence electrons. The van der Waals surface area contributed by atoms with E-state index >= 15 is 0 Å². The Morgan fingerprint density at radius 3 is 2.59 bits per heavy atom. The molecular weight excluding hydrogens is 214 g/mol. The minimum Gasteiger partial charge on any atom is -0.480 e. The lowest BCUT2D eigenvalue weighted by Crippen LogP contribution is -2.28. The second-order valence-corrected chi connectivity index (χ2v) is 3.94. The van der Waals surface area contributed by atoms with Crippen molar-refractivity contribution in [1.82, 2.24) is 5.32 Å². The third-order valence-corrected chi connectivity index (χ3v) is 2.76. The van der Waals surface area contributed by atoms with E-state index in [4.69, 9.17) is 5.11 Å². The van der Waals surface area contributed by atoms with Crippen molar-refractivity contribution in [3.8, 4) is 0 Å². The molecule has 0 aliphatic rings. The van der Waals surface area contributed by atoms with Crippen LogP contribution in [0.3, 0.4) is 0 Å². The highest BCUT2D eigenvalue weighted by Crippen LogP contribution is 2.20. The molecule has 1 unspecified atom stereocenters. The molecule has 0 amide bonds. The van der Waals surface area contributed by atoms with E-state index in [1.165, 1.54) is 0 Å². The van der Waals surface area contributed by atoms with E-state index in [-0.39, 0.29) is 0 Å². The number of carboxylic acids is 1. The molecule has 2 rings (SSSR count). The number of carboxylic acid groups (broad SMARTS) is 1. The molecule has 0 fully saturated rings. The predicted molar refractivity (Wildman–Crippen MR) is 68.0 cm³/mol. The molecule has 0 aliphatic carbocycles. The van der Waals surface area contributed by atoms with Gasteiger partial charge in [-0.15, -0.1) is 0 Å². The normalized spacial score (nSPS) is 12.5. The van der Waals surface area contributed by atoms with Crippen molar-refractivity contribution >= 4 is 16.7 Å². The summed E-state index contributed by atoms with van der Waals surface area (Å²) in [7, 11) is 0. The molecule has 17 heavy (non-hydrogen) atoms. The van der Waals surface area contributed by atoms with Gasteiger partial charge in [0.15, 0.2) is 0 Å². The molecule has 2 aromatic carbocycles. The van der Waals surface area contributed by atoms with Crippen LogP contribution in [-0.2, 0) is 4.79 Å². The van der Waals surface area contributed by atoms with Gasteiger partial charge in [0.1, 0.15) is 6.04 Å². The van der Waals surface area contributed by atoms with Crippen LogP contribution in [0.4, 0.5) is 0 Å². The van der Waals surface area contributed by atoms with Crippen molar-refractivity contribution in [2.24, 2.45) is 0 Å². The number of hydrogen-bond acceptors (Lipinski definition) is 2. The first kappa shape index (κ1) is 11.6. The summed E-state index contributed by atoms with van der Waals surface area (Å²) in [5.74, 6) is -0.845. The van der Waals surface area contributed by atoms with Gasteiger partial charge < -0.3 is 10.4 Å². The third-order valence-electron chi connectivity index (χ3n) is 2.76. The quantitative estimate of drug-likeness (QED) is 0.847. The highest BCUT2D eigenvalue weighted by Gasteiger charge is 2.18. The SMILES string of the molecule is CCNC(C(=O)O)c1ccc2ccccc2c1. The summed E-state index contributed by atoms with van der Waals surface area (Å²) in [6.45, 7) is 2.53. The minimum atomic E-state index is -0.845. The van der Waals surface area contributed by atoms with Gasteiger partial charge in [-0.25, -0.2) is 0 Å². The van der Waals surface area contributed by atoms with Crippen molar-refractivity contribution in [2.75, 3.05) is 6.54 Å². The van der Waals surface area contributed by atoms with Crippen LogP contribution < -0.4 is 5.32 Å². The van der Waals surface area contributed by atoms with Crippen LogP contribution in [-0.4, -0.2) is 17.6 Å². The number of fused-ring (bicyclic) bond motifs is 1. The lowest BCUT2D eigenvalue weighted by molar-refractivity contribution is -0.139. The van der Waals surface area contributed by atoms with Gasteiger partial charge in [-0.2, -0.15) is 0 Å². The molecule has 0 spiro atoms. The minimum absolute atomic E-state index is 0.629. The van der Waals surface area contributed by atoms with Gasteiger partial charge in [-0.1, -0.05) is 43.3 Å². The first-order valence-corrected chi connectivity index (χ1v) is 5.67. The largest absolute Gasteiger partial charge is 0.480 e. The zero-order valence-electron chi connectivity index (χ0n) is 9.68. The van der Waals surface area contributed by atoms with E-state index in [1.54, 1.807) is 0 Å². The Balaban J connectivity index is 2.43. The maximum Gasteiger partial charge on any atom is 0.325 e. The van der Waals surface area contributed by atoms with Crippen LogP contribution in [0.5, 0.6) is 0 Å². The lowest BCUT2D eigenvalue weighted by Gasteiger charge is -2.14. The van der Waals surface area contributed by atoms with Crippen LogP contribution in [0, 0.1) is 0 Å². The molecule has 0 saturated heterocycles. The number of rotatable bonds is 4. The van der Waals surface area contributed by atoms with E-state index in [1.807, 2.05) is 49.4 Å². The summed E-state index contributed by atoms with van der Waals surface area (Å²) in [5, 5.41) is 14.3. The summed E-state index contributed by atoms with van der Waals surface area (Å²) < 4.78 is 0. The van der Waals surface area contributed by atoms with Crippen molar-refractivity contribution in [2.45, 2.75) is 13.0 Å². The average Bonchev–Trinajstić information content (AvgIpc) is 2.35. The van der Waals surface area contributed by atoms with Crippen LogP contribution in [0.2, 0.25) is 0 Å². The zero-order valence-corrected chi connectivity index (χ0v) is 9.68. The predicted octanol–water partition coefficient (Wildman–Crippen LogP) is 2.58. The fourth-order valence-corrected chi connectivity index (χ4v) is 1.94. The Hall–Kier alpha value is -1.87. The second-order valence-electron chi connectivity index (χ2n) is 3.94. The van der Waals surface area contributed by atoms with Gasteiger partial charge in [0.25, 0.3) is 0 Å². The fraction of sp³-hybridized carbons (Fsp3) is 0.214. The molecule has 2 N–H and O–H groups in total. The Kier molecular flexibility index (Phi) is 3.40. The maximum absolute atomic E-state index is 11.2. The first-order chi connectivity index (χ1) is 8.22. The Labute approximate surface area is 100 Å². The second kappa shape index (κ2) is 4.97. The Morgan fingerprint density at radius 1 is 1.24 bits per heavy atom. The van der Waals surface area contributed by atoms with E-state index < -0.39 is 12.0 Å². The Bertz CT molecular complexity index is 536. The average molecular weight is 229 g/mol. The zero-order chi connectivity index (χ0) is 12.3. The highest BCUT2D eigenvalue weighted by molar-refractivity contribution is 5.85. The molecule has 3 heteroatoms. The fourth-order valence-electron chi connectivity index (χ4n) is 1.94. The van der Waals surface area contributed by atoms with Gasteiger partial charge >= 0.3 is 5.97 Å². The van der Waals surface area contributed by atoms with Gasteiger partial charge in [-0.05, 0) is 28.9 Å². The number of benzene rings is 2. The number of likely N-dealkylation sites (N-methyl/N-ethyl adjacent to an activating group) is 1. The molecule has 0 heterocycles. The van der Waals surface area contributed by atoms with E-state index in [0.717, 1.165) is 16.3 Å². The van der Waals surface area contributed by atoms with Gasteiger partial charge in [0.05, 0.1) is 0 Å². The molecule has 0 aliphatic heterocycles. The molecule has 0 saturated carbocycles. The van der Waals surface area contributed by atoms with Crippen LogP contribution in [0.25, 0.3) is 10.8 Å². The third kappa shape index (κ3) is 2.45. The molecule has 0 bridgehead atoms. The van der Waals surface area contributed by atoms with Crippen molar-refractivity contribution in [3.63, 3.8) is 0 Å². The van der Waals surface area contributed by atoms with Gasteiger partial charge in [0, 0.05) is 0 Å². The van der Waals surface area contributed by atoms with Gasteiger partial charge in [0.2, 0.25) is 0 Å². The first-order valence-electron chi connectivity index (χ1n) is 5.67. The molecule has 0 aromatic heterocycles. The topological polar surface area (TPSA) is 49.3 Å². The van der Waals surface area contributed by atoms with Crippen molar-refractivity contribution in [1.29, 1.82) is 0 Å². The summed E-state index contributed by atoms with van der Waals surface area (Å²) in [6, 6.07) is 13.0. The highest BCUT2D eigenvalue weighted by atomic mass is 16.4. The number of aliphatic carboxylic acids is 1. The van der Waals surface area contributed by atoms with E-state index in [0.29, 0.717) is 6.54 Å². The van der Waals surface area contributed by atoms with Crippen LogP contribution >= 0.6 is 0 Å². The van der Waals surface area contributed by atoms with Gasteiger partial charge in [-0.3, -0.25) is 4.79 Å².